The first kappa shape index (κ1) is 21.3. The Hall–Kier alpha value is -3.96. The first-order valence-electron chi connectivity index (χ1n) is 9.68. The summed E-state index contributed by atoms with van der Waals surface area (Å²) >= 11 is 0. The number of piperazine rings is 1. The van der Waals surface area contributed by atoms with Crippen molar-refractivity contribution in [3.8, 4) is 0 Å². The highest BCUT2D eigenvalue weighted by Gasteiger charge is 2.36. The molecule has 2 amide bonds. The van der Waals surface area contributed by atoms with E-state index in [9.17, 15) is 22.8 Å². The molecule has 1 fully saturated rings. The molecule has 0 unspecified atom stereocenters. The largest absolute Gasteiger partial charge is 0.417 e. The SMILES string of the molecule is O=C(Nc1ccn[nH]1)c1ccc(N2CCN(C(=O)c3ccccc3C(F)(F)F)CC2)nn1. The van der Waals surface area contributed by atoms with E-state index in [1.165, 1.54) is 35.4 Å². The second-order valence-electron chi connectivity index (χ2n) is 7.02. The van der Waals surface area contributed by atoms with Gasteiger partial charge in [-0.15, -0.1) is 10.2 Å². The number of carbonyl (C=O) groups is 2. The Morgan fingerprint density at radius 3 is 2.34 bits per heavy atom. The monoisotopic (exact) mass is 445 g/mol. The summed E-state index contributed by atoms with van der Waals surface area (Å²) in [6.45, 7) is 1.20. The Labute approximate surface area is 180 Å². The summed E-state index contributed by atoms with van der Waals surface area (Å²) in [6, 6.07) is 9.51. The number of hydrogen-bond donors (Lipinski definition) is 2. The van der Waals surface area contributed by atoms with Crippen molar-refractivity contribution in [3.05, 3.63) is 65.5 Å². The number of hydrogen-bond acceptors (Lipinski definition) is 6. The number of nitrogens with one attached hydrogen (secondary N) is 2. The molecule has 1 saturated heterocycles. The third kappa shape index (κ3) is 4.53. The van der Waals surface area contributed by atoms with Crippen molar-refractivity contribution in [2.45, 2.75) is 6.18 Å². The molecule has 1 aliphatic rings. The minimum Gasteiger partial charge on any atom is -0.352 e. The van der Waals surface area contributed by atoms with Crippen LogP contribution in [-0.2, 0) is 6.18 Å². The van der Waals surface area contributed by atoms with Crippen molar-refractivity contribution in [3.63, 3.8) is 0 Å². The topological polar surface area (TPSA) is 107 Å². The third-order valence-electron chi connectivity index (χ3n) is 4.99. The molecule has 3 aromatic rings. The summed E-state index contributed by atoms with van der Waals surface area (Å²) in [5.41, 5.74) is -1.19. The number of amides is 2. The Kier molecular flexibility index (Phi) is 5.75. The number of aromatic nitrogens is 4. The summed E-state index contributed by atoms with van der Waals surface area (Å²) in [5, 5.41) is 16.9. The molecular weight excluding hydrogens is 427 g/mol. The maximum Gasteiger partial charge on any atom is 0.417 e. The molecule has 4 rings (SSSR count). The third-order valence-corrected chi connectivity index (χ3v) is 4.99. The van der Waals surface area contributed by atoms with E-state index in [-0.39, 0.29) is 24.3 Å². The van der Waals surface area contributed by atoms with Crippen LogP contribution in [0.25, 0.3) is 0 Å². The van der Waals surface area contributed by atoms with E-state index >= 15 is 0 Å². The summed E-state index contributed by atoms with van der Waals surface area (Å²) < 4.78 is 39.7. The van der Waals surface area contributed by atoms with Crippen LogP contribution in [0.4, 0.5) is 24.8 Å². The van der Waals surface area contributed by atoms with Gasteiger partial charge in [0.2, 0.25) is 0 Å². The molecule has 0 saturated carbocycles. The molecule has 0 atom stereocenters. The summed E-state index contributed by atoms with van der Waals surface area (Å²) in [4.78, 5) is 28.1. The number of halogens is 3. The van der Waals surface area contributed by atoms with Gasteiger partial charge < -0.3 is 15.1 Å². The Morgan fingerprint density at radius 2 is 1.72 bits per heavy atom. The normalized spacial score (nSPS) is 14.3. The molecular formula is C20H18F3N7O2. The highest BCUT2D eigenvalue weighted by molar-refractivity contribution is 6.02. The number of alkyl halides is 3. The zero-order chi connectivity index (χ0) is 22.7. The molecule has 3 heterocycles. The predicted octanol–water partition coefficient (Wildman–Crippen LogP) is 2.43. The van der Waals surface area contributed by atoms with Gasteiger partial charge in [-0.2, -0.15) is 18.3 Å². The van der Waals surface area contributed by atoms with E-state index in [1.54, 1.807) is 12.1 Å². The fraction of sp³-hybridized carbons (Fsp3) is 0.250. The molecule has 0 radical (unpaired) electrons. The summed E-state index contributed by atoms with van der Waals surface area (Å²) in [6.07, 6.45) is -3.11. The van der Waals surface area contributed by atoms with Gasteiger partial charge in [-0.05, 0) is 24.3 Å². The van der Waals surface area contributed by atoms with Gasteiger partial charge >= 0.3 is 6.18 Å². The van der Waals surface area contributed by atoms with E-state index in [4.69, 9.17) is 0 Å². The second-order valence-corrected chi connectivity index (χ2v) is 7.02. The van der Waals surface area contributed by atoms with Crippen molar-refractivity contribution in [2.24, 2.45) is 0 Å². The number of anilines is 2. The molecule has 1 aliphatic heterocycles. The van der Waals surface area contributed by atoms with Crippen molar-refractivity contribution < 1.29 is 22.8 Å². The number of aromatic amines is 1. The molecule has 0 bridgehead atoms. The fourth-order valence-corrected chi connectivity index (χ4v) is 3.35. The summed E-state index contributed by atoms with van der Waals surface area (Å²) in [5.74, 6) is -0.179. The van der Waals surface area contributed by atoms with Crippen molar-refractivity contribution in [1.29, 1.82) is 0 Å². The molecule has 0 spiro atoms. The Morgan fingerprint density at radius 1 is 0.969 bits per heavy atom. The molecule has 9 nitrogen and oxygen atoms in total. The highest BCUT2D eigenvalue weighted by atomic mass is 19.4. The number of carbonyl (C=O) groups excluding carboxylic acids is 2. The quantitative estimate of drug-likeness (QED) is 0.639. The first-order valence-corrected chi connectivity index (χ1v) is 9.68. The minimum atomic E-state index is -4.60. The lowest BCUT2D eigenvalue weighted by atomic mass is 10.1. The molecule has 0 aliphatic carbocycles. The van der Waals surface area contributed by atoms with Crippen LogP contribution < -0.4 is 10.2 Å². The number of rotatable bonds is 4. The van der Waals surface area contributed by atoms with Crippen molar-refractivity contribution in [1.82, 2.24) is 25.3 Å². The van der Waals surface area contributed by atoms with E-state index in [0.717, 1.165) is 6.07 Å². The minimum absolute atomic E-state index is 0.112. The maximum atomic E-state index is 13.2. The smallest absolute Gasteiger partial charge is 0.352 e. The average Bonchev–Trinajstić information content (AvgIpc) is 3.31. The van der Waals surface area contributed by atoms with Crippen LogP contribution in [0.1, 0.15) is 26.4 Å². The van der Waals surface area contributed by atoms with E-state index in [1.807, 2.05) is 4.90 Å². The average molecular weight is 445 g/mol. The zero-order valence-electron chi connectivity index (χ0n) is 16.6. The molecule has 1 aromatic carbocycles. The number of H-pyrrole nitrogens is 1. The molecule has 32 heavy (non-hydrogen) atoms. The molecule has 2 aromatic heterocycles. The van der Waals surface area contributed by atoms with Gasteiger partial charge in [0, 0.05) is 32.2 Å². The van der Waals surface area contributed by atoms with Gasteiger partial charge in [-0.1, -0.05) is 12.1 Å². The predicted molar refractivity (Wildman–Crippen MR) is 108 cm³/mol. The number of nitrogens with zero attached hydrogens (tertiary/aromatic N) is 5. The lowest BCUT2D eigenvalue weighted by molar-refractivity contribution is -0.138. The highest BCUT2D eigenvalue weighted by Crippen LogP contribution is 2.32. The van der Waals surface area contributed by atoms with Crippen molar-refractivity contribution in [2.75, 3.05) is 36.4 Å². The molecule has 166 valence electrons. The van der Waals surface area contributed by atoms with Crippen LogP contribution in [-0.4, -0.2) is 63.3 Å². The van der Waals surface area contributed by atoms with Gasteiger partial charge in [-0.3, -0.25) is 14.7 Å². The molecule has 2 N–H and O–H groups in total. The van der Waals surface area contributed by atoms with Gasteiger partial charge in [0.25, 0.3) is 11.8 Å². The van der Waals surface area contributed by atoms with Gasteiger partial charge in [0.15, 0.2) is 11.5 Å². The van der Waals surface area contributed by atoms with Crippen molar-refractivity contribution >= 4 is 23.5 Å². The van der Waals surface area contributed by atoms with Crippen LogP contribution >= 0.6 is 0 Å². The van der Waals surface area contributed by atoms with E-state index in [0.29, 0.717) is 24.7 Å². The standard InChI is InChI=1S/C20H18F3N7O2/c21-20(22,23)14-4-2-1-3-13(14)19(32)30-11-9-29(10-12-30)17-6-5-15(26-28-17)18(31)25-16-7-8-24-27-16/h1-8H,9-12H2,(H2,24,25,27,31). The Bertz CT molecular complexity index is 1090. The first-order chi connectivity index (χ1) is 15.3. The second kappa shape index (κ2) is 8.65. The van der Waals surface area contributed by atoms with E-state index in [2.05, 4.69) is 25.7 Å². The fourth-order valence-electron chi connectivity index (χ4n) is 3.35. The Balaban J connectivity index is 1.38. The van der Waals surface area contributed by atoms with Crippen LogP contribution in [0.2, 0.25) is 0 Å². The van der Waals surface area contributed by atoms with Crippen LogP contribution in [0.3, 0.4) is 0 Å². The van der Waals surface area contributed by atoms with Gasteiger partial charge in [0.1, 0.15) is 5.82 Å². The van der Waals surface area contributed by atoms with E-state index < -0.39 is 23.6 Å². The maximum absolute atomic E-state index is 13.2. The molecule has 12 heteroatoms. The van der Waals surface area contributed by atoms with Crippen LogP contribution in [0.5, 0.6) is 0 Å². The zero-order valence-corrected chi connectivity index (χ0v) is 16.6. The van der Waals surface area contributed by atoms with Crippen LogP contribution in [0, 0.1) is 0 Å². The summed E-state index contributed by atoms with van der Waals surface area (Å²) in [7, 11) is 0. The lowest BCUT2D eigenvalue weighted by Gasteiger charge is -2.35. The van der Waals surface area contributed by atoms with Gasteiger partial charge in [-0.25, -0.2) is 0 Å². The van der Waals surface area contributed by atoms with Gasteiger partial charge in [0.05, 0.1) is 17.3 Å². The van der Waals surface area contributed by atoms with Crippen LogP contribution in [0.15, 0.2) is 48.7 Å². The lowest BCUT2D eigenvalue weighted by Crippen LogP contribution is -2.49. The number of benzene rings is 1.